The maximum atomic E-state index is 9.22. The summed E-state index contributed by atoms with van der Waals surface area (Å²) >= 11 is 0. The molecule has 2 aromatic heterocycles. The van der Waals surface area contributed by atoms with Crippen LogP contribution in [0.3, 0.4) is 0 Å². The van der Waals surface area contributed by atoms with Crippen molar-refractivity contribution in [2.75, 3.05) is 0 Å². The average molecular weight is 236 g/mol. The topological polar surface area (TPSA) is 46.0 Å². The molecule has 0 saturated carbocycles. The molecule has 0 saturated heterocycles. The second kappa shape index (κ2) is 4.45. The van der Waals surface area contributed by atoms with Gasteiger partial charge in [-0.2, -0.15) is 0 Å². The van der Waals surface area contributed by atoms with Crippen molar-refractivity contribution in [1.29, 1.82) is 0 Å². The lowest BCUT2D eigenvalue weighted by Crippen LogP contribution is -1.93. The first-order chi connectivity index (χ1) is 8.83. The van der Waals surface area contributed by atoms with Crippen LogP contribution in [0.25, 0.3) is 10.9 Å². The van der Waals surface area contributed by atoms with Gasteiger partial charge in [0.25, 0.3) is 0 Å². The van der Waals surface area contributed by atoms with Crippen LogP contribution in [0.15, 0.2) is 54.9 Å². The van der Waals surface area contributed by atoms with E-state index in [4.69, 9.17) is 0 Å². The Morgan fingerprint density at radius 2 is 1.83 bits per heavy atom. The highest BCUT2D eigenvalue weighted by atomic mass is 16.3. The smallest absolute Gasteiger partial charge is 0.133 e. The third-order valence-electron chi connectivity index (χ3n) is 2.92. The van der Waals surface area contributed by atoms with Crippen LogP contribution in [0.1, 0.15) is 11.3 Å². The molecular weight excluding hydrogens is 224 g/mol. The normalized spacial score (nSPS) is 10.7. The Morgan fingerprint density at radius 1 is 0.944 bits per heavy atom. The third kappa shape index (κ3) is 2.02. The molecule has 0 amide bonds. The van der Waals surface area contributed by atoms with Crippen molar-refractivity contribution < 1.29 is 5.11 Å². The number of fused-ring (bicyclic) bond motifs is 1. The molecule has 0 unspecified atom stereocenters. The number of para-hydroxylation sites is 1. The molecule has 3 aromatic rings. The van der Waals surface area contributed by atoms with Crippen LogP contribution in [0.5, 0.6) is 5.75 Å². The summed E-state index contributed by atoms with van der Waals surface area (Å²) in [5.41, 5.74) is 3.12. The van der Waals surface area contributed by atoms with Gasteiger partial charge in [0.05, 0.1) is 11.7 Å². The van der Waals surface area contributed by atoms with Crippen molar-refractivity contribution in [3.05, 3.63) is 66.1 Å². The van der Waals surface area contributed by atoms with Crippen LogP contribution in [0.4, 0.5) is 0 Å². The zero-order valence-corrected chi connectivity index (χ0v) is 9.74. The Hall–Kier alpha value is -2.42. The van der Waals surface area contributed by atoms with E-state index in [9.17, 15) is 5.11 Å². The van der Waals surface area contributed by atoms with Gasteiger partial charge in [-0.1, -0.05) is 18.2 Å². The molecule has 0 aliphatic rings. The number of rotatable bonds is 2. The summed E-state index contributed by atoms with van der Waals surface area (Å²) < 4.78 is 0. The Balaban J connectivity index is 2.02. The van der Waals surface area contributed by atoms with Crippen LogP contribution in [-0.4, -0.2) is 15.1 Å². The van der Waals surface area contributed by atoms with Crippen molar-refractivity contribution in [3.8, 4) is 5.75 Å². The summed E-state index contributed by atoms with van der Waals surface area (Å²) in [6, 6.07) is 13.6. The molecule has 88 valence electrons. The van der Waals surface area contributed by atoms with E-state index >= 15 is 0 Å². The number of hydrogen-bond acceptors (Lipinski definition) is 3. The quantitative estimate of drug-likeness (QED) is 0.744. The molecule has 1 aromatic carbocycles. The molecule has 0 atom stereocenters. The first kappa shape index (κ1) is 10.7. The molecular formula is C15H12N2O. The molecule has 18 heavy (non-hydrogen) atoms. The van der Waals surface area contributed by atoms with Gasteiger partial charge in [0.2, 0.25) is 0 Å². The zero-order valence-electron chi connectivity index (χ0n) is 9.74. The van der Waals surface area contributed by atoms with Crippen molar-refractivity contribution >= 4 is 10.9 Å². The minimum absolute atomic E-state index is 0.193. The molecule has 2 heterocycles. The van der Waals surface area contributed by atoms with Crippen LogP contribution in [0.2, 0.25) is 0 Å². The van der Waals surface area contributed by atoms with Crippen molar-refractivity contribution in [3.63, 3.8) is 0 Å². The minimum Gasteiger partial charge on any atom is -0.506 e. The highest BCUT2D eigenvalue weighted by Gasteiger charge is 2.03. The average Bonchev–Trinajstić information content (AvgIpc) is 2.42. The lowest BCUT2D eigenvalue weighted by atomic mass is 10.0. The lowest BCUT2D eigenvalue weighted by Gasteiger charge is -2.05. The summed E-state index contributed by atoms with van der Waals surface area (Å²) in [6.45, 7) is 0. The fourth-order valence-corrected chi connectivity index (χ4v) is 2.03. The van der Waals surface area contributed by atoms with Crippen molar-refractivity contribution in [2.45, 2.75) is 6.42 Å². The van der Waals surface area contributed by atoms with E-state index < -0.39 is 0 Å². The van der Waals surface area contributed by atoms with Crippen molar-refractivity contribution in [2.24, 2.45) is 0 Å². The highest BCUT2D eigenvalue weighted by Crippen LogP contribution is 2.19. The molecule has 0 aliphatic heterocycles. The second-order valence-corrected chi connectivity index (χ2v) is 4.17. The lowest BCUT2D eigenvalue weighted by molar-refractivity contribution is 0.472. The number of pyridine rings is 2. The Bertz CT molecular complexity index is 672. The number of nitrogens with zero attached hydrogens (tertiary/aromatic N) is 2. The summed E-state index contributed by atoms with van der Waals surface area (Å²) in [4.78, 5) is 8.55. The molecule has 0 aliphatic carbocycles. The molecule has 3 rings (SSSR count). The molecule has 0 radical (unpaired) electrons. The standard InChI is InChI=1S/C15H12N2O/c18-13-6-5-12(17-10-13)9-11-7-8-16-15-4-2-1-3-14(11)15/h1-8,10,18H,9H2. The molecule has 1 N–H and O–H groups in total. The molecule has 0 spiro atoms. The highest BCUT2D eigenvalue weighted by molar-refractivity contribution is 5.82. The fourth-order valence-electron chi connectivity index (χ4n) is 2.03. The number of aromatic hydroxyl groups is 1. The Kier molecular flexibility index (Phi) is 2.65. The first-order valence-corrected chi connectivity index (χ1v) is 5.79. The second-order valence-electron chi connectivity index (χ2n) is 4.17. The van der Waals surface area contributed by atoms with Crippen LogP contribution >= 0.6 is 0 Å². The molecule has 0 fully saturated rings. The van der Waals surface area contributed by atoms with Gasteiger partial charge in [-0.25, -0.2) is 0 Å². The van der Waals surface area contributed by atoms with Gasteiger partial charge < -0.3 is 5.11 Å². The third-order valence-corrected chi connectivity index (χ3v) is 2.92. The van der Waals surface area contributed by atoms with Gasteiger partial charge in [-0.3, -0.25) is 9.97 Å². The minimum atomic E-state index is 0.193. The summed E-state index contributed by atoms with van der Waals surface area (Å²) in [7, 11) is 0. The van der Waals surface area contributed by atoms with E-state index in [-0.39, 0.29) is 5.75 Å². The van der Waals surface area contributed by atoms with E-state index in [1.165, 1.54) is 11.8 Å². The predicted molar refractivity (Wildman–Crippen MR) is 70.5 cm³/mol. The summed E-state index contributed by atoms with van der Waals surface area (Å²) in [5.74, 6) is 0.193. The monoisotopic (exact) mass is 236 g/mol. The molecule has 3 heteroatoms. The van der Waals surface area contributed by atoms with E-state index in [1.54, 1.807) is 6.07 Å². The van der Waals surface area contributed by atoms with E-state index in [0.717, 1.165) is 23.0 Å². The number of aromatic nitrogens is 2. The van der Waals surface area contributed by atoms with Gasteiger partial charge in [-0.05, 0) is 29.8 Å². The van der Waals surface area contributed by atoms with Crippen LogP contribution in [0, 0.1) is 0 Å². The van der Waals surface area contributed by atoms with Crippen molar-refractivity contribution in [1.82, 2.24) is 9.97 Å². The Labute approximate surface area is 105 Å². The summed E-state index contributed by atoms with van der Waals surface area (Å²) in [5, 5.41) is 10.4. The largest absolute Gasteiger partial charge is 0.506 e. The Morgan fingerprint density at radius 3 is 2.67 bits per heavy atom. The maximum Gasteiger partial charge on any atom is 0.133 e. The van der Waals surface area contributed by atoms with Gasteiger partial charge in [-0.15, -0.1) is 0 Å². The van der Waals surface area contributed by atoms with Gasteiger partial charge in [0.1, 0.15) is 5.75 Å². The number of hydrogen-bond donors (Lipinski definition) is 1. The van der Waals surface area contributed by atoms with Gasteiger partial charge >= 0.3 is 0 Å². The van der Waals surface area contributed by atoms with Crippen LogP contribution < -0.4 is 0 Å². The number of benzene rings is 1. The maximum absolute atomic E-state index is 9.22. The van der Waals surface area contributed by atoms with E-state index in [1.807, 2.05) is 36.5 Å². The predicted octanol–water partition coefficient (Wildman–Crippen LogP) is 2.93. The molecule has 0 bridgehead atoms. The van der Waals surface area contributed by atoms with Gasteiger partial charge in [0.15, 0.2) is 0 Å². The molecule has 3 nitrogen and oxygen atoms in total. The van der Waals surface area contributed by atoms with E-state index in [2.05, 4.69) is 16.0 Å². The zero-order chi connectivity index (χ0) is 12.4. The van der Waals surface area contributed by atoms with Crippen LogP contribution in [-0.2, 0) is 6.42 Å². The SMILES string of the molecule is Oc1ccc(Cc2ccnc3ccccc23)nc1. The fraction of sp³-hybridized carbons (Fsp3) is 0.0667. The van der Waals surface area contributed by atoms with Gasteiger partial charge in [0, 0.05) is 23.7 Å². The first-order valence-electron chi connectivity index (χ1n) is 5.79. The summed E-state index contributed by atoms with van der Waals surface area (Å²) in [6.07, 6.45) is 4.03. The van der Waals surface area contributed by atoms with E-state index in [0.29, 0.717) is 0 Å².